The summed E-state index contributed by atoms with van der Waals surface area (Å²) in [7, 11) is -3.56. The third kappa shape index (κ3) is 7.28. The standard InChI is InChI=1S/C29H32N6O4S2/c1-41(37,38)35(18-14-30)25-6-2-22(3-7-25)26-10-15-31-29(33-26)32-23-4-8-24(9-5-23)34-16-11-21(12-17-34)20-40-27-13-19-39-28(27)36/h2-10,15,21,27H,11-13,16-20H2,1H3,(H,31,32,33). The number of cyclic esters (lactones) is 1. The van der Waals surface area contributed by atoms with Crippen molar-refractivity contribution >= 4 is 50.8 Å². The Hall–Kier alpha value is -3.82. The summed E-state index contributed by atoms with van der Waals surface area (Å²) in [5.41, 5.74) is 3.95. The van der Waals surface area contributed by atoms with Gasteiger partial charge in [-0.25, -0.2) is 18.4 Å². The van der Waals surface area contributed by atoms with Crippen molar-refractivity contribution in [2.45, 2.75) is 24.5 Å². The fourth-order valence-electron chi connectivity index (χ4n) is 4.97. The van der Waals surface area contributed by atoms with Gasteiger partial charge in [-0.3, -0.25) is 9.10 Å². The van der Waals surface area contributed by atoms with E-state index >= 15 is 0 Å². The lowest BCUT2D eigenvalue weighted by atomic mass is 9.98. The van der Waals surface area contributed by atoms with Crippen LogP contribution in [0.4, 0.5) is 23.0 Å². The summed E-state index contributed by atoms with van der Waals surface area (Å²) in [6.45, 7) is 2.30. The molecular weight excluding hydrogens is 560 g/mol. The van der Waals surface area contributed by atoms with E-state index in [4.69, 9.17) is 10.00 Å². The second kappa shape index (κ2) is 12.8. The predicted octanol–water partition coefficient (Wildman–Crippen LogP) is 4.44. The maximum Gasteiger partial charge on any atom is 0.319 e. The number of rotatable bonds is 10. The molecule has 3 aromatic rings. The molecular formula is C29H32N6O4S2. The Labute approximate surface area is 244 Å². The van der Waals surface area contributed by atoms with Crippen LogP contribution in [0.2, 0.25) is 0 Å². The summed E-state index contributed by atoms with van der Waals surface area (Å²) in [6, 6.07) is 18.8. The van der Waals surface area contributed by atoms with Crippen molar-refractivity contribution in [3.05, 3.63) is 60.8 Å². The number of esters is 1. The molecule has 2 saturated heterocycles. The topological polar surface area (TPSA) is 129 Å². The highest BCUT2D eigenvalue weighted by molar-refractivity contribution is 8.00. The van der Waals surface area contributed by atoms with Gasteiger partial charge in [-0.05, 0) is 67.0 Å². The quantitative estimate of drug-likeness (QED) is 0.266. The Kier molecular flexibility index (Phi) is 8.95. The monoisotopic (exact) mass is 592 g/mol. The number of aromatic nitrogens is 2. The smallest absolute Gasteiger partial charge is 0.319 e. The predicted molar refractivity (Wildman–Crippen MR) is 162 cm³/mol. The normalized spacial score (nSPS) is 17.6. The van der Waals surface area contributed by atoms with Crippen molar-refractivity contribution < 1.29 is 17.9 Å². The molecule has 0 saturated carbocycles. The maximum absolute atomic E-state index is 12.0. The molecule has 10 nitrogen and oxygen atoms in total. The summed E-state index contributed by atoms with van der Waals surface area (Å²) in [4.78, 5) is 23.1. The van der Waals surface area contributed by atoms with Crippen molar-refractivity contribution in [3.63, 3.8) is 0 Å². The van der Waals surface area contributed by atoms with Crippen molar-refractivity contribution in [2.24, 2.45) is 5.92 Å². The van der Waals surface area contributed by atoms with Crippen molar-refractivity contribution in [2.75, 3.05) is 52.8 Å². The van der Waals surface area contributed by atoms with Crippen LogP contribution in [0.1, 0.15) is 19.3 Å². The average Bonchev–Trinajstić information content (AvgIpc) is 3.39. The van der Waals surface area contributed by atoms with Crippen LogP contribution in [0.5, 0.6) is 0 Å². The molecule has 12 heteroatoms. The van der Waals surface area contributed by atoms with Crippen molar-refractivity contribution in [3.8, 4) is 17.3 Å². The molecule has 1 unspecified atom stereocenters. The van der Waals surface area contributed by atoms with E-state index in [1.165, 1.54) is 5.69 Å². The van der Waals surface area contributed by atoms with E-state index in [0.29, 0.717) is 29.9 Å². The number of sulfonamides is 1. The van der Waals surface area contributed by atoms with Gasteiger partial charge in [0, 0.05) is 42.6 Å². The number of nitrogens with zero attached hydrogens (tertiary/aromatic N) is 5. The zero-order valence-electron chi connectivity index (χ0n) is 22.8. The Bertz CT molecular complexity index is 1500. The van der Waals surface area contributed by atoms with Gasteiger partial charge >= 0.3 is 5.97 Å². The largest absolute Gasteiger partial charge is 0.465 e. The fourth-order valence-corrected chi connectivity index (χ4v) is 7.07. The Balaban J connectivity index is 1.16. The number of anilines is 4. The number of ether oxygens (including phenoxy) is 1. The summed E-state index contributed by atoms with van der Waals surface area (Å²) < 4.78 is 30.2. The number of carbonyl (C=O) groups excluding carboxylic acids is 1. The van der Waals surface area contributed by atoms with E-state index in [2.05, 4.69) is 32.3 Å². The van der Waals surface area contributed by atoms with Crippen LogP contribution in [0, 0.1) is 17.2 Å². The minimum Gasteiger partial charge on any atom is -0.465 e. The molecule has 41 heavy (non-hydrogen) atoms. The summed E-state index contributed by atoms with van der Waals surface area (Å²) >= 11 is 1.75. The molecule has 0 radical (unpaired) electrons. The number of nitrogens with one attached hydrogen (secondary N) is 1. The number of piperidine rings is 1. The van der Waals surface area contributed by atoms with Crippen molar-refractivity contribution in [1.82, 2.24) is 9.97 Å². The van der Waals surface area contributed by atoms with Gasteiger partial charge in [0.1, 0.15) is 11.8 Å². The van der Waals surface area contributed by atoms with Gasteiger partial charge in [0.2, 0.25) is 16.0 Å². The molecule has 2 aliphatic heterocycles. The first-order chi connectivity index (χ1) is 19.8. The second-order valence-corrected chi connectivity index (χ2v) is 13.3. The summed E-state index contributed by atoms with van der Waals surface area (Å²) in [5.74, 6) is 2.04. The molecule has 5 rings (SSSR count). The molecule has 0 amide bonds. The fraction of sp³-hybridized carbons (Fsp3) is 0.379. The van der Waals surface area contributed by atoms with E-state index in [0.717, 1.165) is 59.9 Å². The number of carbonyl (C=O) groups is 1. The lowest BCUT2D eigenvalue weighted by molar-refractivity contribution is -0.137. The highest BCUT2D eigenvalue weighted by Crippen LogP contribution is 2.31. The summed E-state index contributed by atoms with van der Waals surface area (Å²) in [6.07, 6.45) is 5.81. The second-order valence-electron chi connectivity index (χ2n) is 10.1. The van der Waals surface area contributed by atoms with Crippen LogP contribution < -0.4 is 14.5 Å². The molecule has 3 heterocycles. The van der Waals surface area contributed by atoms with E-state index < -0.39 is 10.0 Å². The number of nitriles is 1. The molecule has 0 spiro atoms. The Morgan fingerprint density at radius 1 is 1.10 bits per heavy atom. The van der Waals surface area contributed by atoms with E-state index in [1.807, 2.05) is 18.2 Å². The lowest BCUT2D eigenvalue weighted by Gasteiger charge is -2.33. The third-order valence-electron chi connectivity index (χ3n) is 7.24. The van der Waals surface area contributed by atoms with Gasteiger partial charge in [0.25, 0.3) is 0 Å². The molecule has 2 aliphatic rings. The van der Waals surface area contributed by atoms with Crippen LogP contribution in [-0.2, 0) is 19.6 Å². The van der Waals surface area contributed by atoms with Crippen LogP contribution in [0.25, 0.3) is 11.3 Å². The average molecular weight is 593 g/mol. The first kappa shape index (κ1) is 28.7. The third-order valence-corrected chi connectivity index (χ3v) is 9.88. The minimum atomic E-state index is -3.56. The van der Waals surface area contributed by atoms with Crippen LogP contribution in [-0.4, -0.2) is 67.9 Å². The van der Waals surface area contributed by atoms with Gasteiger partial charge in [-0.1, -0.05) is 12.1 Å². The lowest BCUT2D eigenvalue weighted by Crippen LogP contribution is -2.34. The number of hydrogen-bond donors (Lipinski definition) is 1. The SMILES string of the molecule is CS(=O)(=O)N(CC#N)c1ccc(-c2ccnc(Nc3ccc(N4CCC(CSC5CCOC5=O)CC4)cc3)n2)cc1. The van der Waals surface area contributed by atoms with Crippen LogP contribution in [0.3, 0.4) is 0 Å². The molecule has 1 atom stereocenters. The summed E-state index contributed by atoms with van der Waals surface area (Å²) in [5, 5.41) is 12.3. The molecule has 214 valence electrons. The van der Waals surface area contributed by atoms with Gasteiger partial charge in [0.15, 0.2) is 0 Å². The Morgan fingerprint density at radius 2 is 1.83 bits per heavy atom. The first-order valence-electron chi connectivity index (χ1n) is 13.5. The van der Waals surface area contributed by atoms with E-state index in [1.54, 1.807) is 48.3 Å². The van der Waals surface area contributed by atoms with E-state index in [-0.39, 0.29) is 17.8 Å². The minimum absolute atomic E-state index is 0.0198. The maximum atomic E-state index is 12.0. The molecule has 1 N–H and O–H groups in total. The van der Waals surface area contributed by atoms with Gasteiger partial charge in [0.05, 0.1) is 30.3 Å². The van der Waals surface area contributed by atoms with Crippen LogP contribution >= 0.6 is 11.8 Å². The highest BCUT2D eigenvalue weighted by Gasteiger charge is 2.28. The Morgan fingerprint density at radius 3 is 2.46 bits per heavy atom. The number of benzene rings is 2. The highest BCUT2D eigenvalue weighted by atomic mass is 32.2. The van der Waals surface area contributed by atoms with Gasteiger partial charge in [-0.2, -0.15) is 5.26 Å². The van der Waals surface area contributed by atoms with Gasteiger partial charge < -0.3 is 15.0 Å². The molecule has 0 bridgehead atoms. The molecule has 2 aromatic carbocycles. The zero-order chi connectivity index (χ0) is 28.8. The van der Waals surface area contributed by atoms with Crippen LogP contribution in [0.15, 0.2) is 60.8 Å². The van der Waals surface area contributed by atoms with Gasteiger partial charge in [-0.15, -0.1) is 11.8 Å². The van der Waals surface area contributed by atoms with E-state index in [9.17, 15) is 13.2 Å². The first-order valence-corrected chi connectivity index (χ1v) is 16.4. The van der Waals surface area contributed by atoms with Crippen molar-refractivity contribution in [1.29, 1.82) is 5.26 Å². The molecule has 2 fully saturated rings. The molecule has 0 aliphatic carbocycles. The number of thioether (sulfide) groups is 1. The molecule has 1 aromatic heterocycles. The number of hydrogen-bond acceptors (Lipinski definition) is 10. The zero-order valence-corrected chi connectivity index (χ0v) is 24.4.